The van der Waals surface area contributed by atoms with E-state index in [2.05, 4.69) is 10.2 Å². The van der Waals surface area contributed by atoms with Gasteiger partial charge in [-0.15, -0.1) is 11.8 Å². The number of nitrogens with one attached hydrogen (secondary N) is 1. The lowest BCUT2D eigenvalue weighted by Gasteiger charge is -2.31. The lowest BCUT2D eigenvalue weighted by Crippen LogP contribution is -2.48. The molecule has 1 atom stereocenters. The molecule has 2 rings (SSSR count). The second kappa shape index (κ2) is 7.64. The highest BCUT2D eigenvalue weighted by atomic mass is 32.2. The molecule has 20 heavy (non-hydrogen) atoms. The maximum atomic E-state index is 12.1. The van der Waals surface area contributed by atoms with Crippen LogP contribution in [0.5, 0.6) is 0 Å². The van der Waals surface area contributed by atoms with Gasteiger partial charge in [0.05, 0.1) is 24.9 Å². The number of para-hydroxylation sites is 1. The molecule has 0 spiro atoms. The van der Waals surface area contributed by atoms with Gasteiger partial charge >= 0.3 is 0 Å². The normalized spacial score (nSPS) is 19.8. The van der Waals surface area contributed by atoms with E-state index in [1.54, 1.807) is 11.8 Å². The number of carbonyl (C=O) groups excluding carboxylic acids is 1. The predicted molar refractivity (Wildman–Crippen MR) is 82.1 cm³/mol. The molecule has 1 aliphatic heterocycles. The first-order valence-corrected chi connectivity index (χ1v) is 7.92. The molecule has 0 saturated carbocycles. The molecule has 1 aliphatic rings. The molecule has 1 aromatic carbocycles. The lowest BCUT2D eigenvalue weighted by molar-refractivity contribution is -0.119. The number of carbonyl (C=O) groups is 1. The Morgan fingerprint density at radius 1 is 1.55 bits per heavy atom. The Hall–Kier alpha value is -1.08. The van der Waals surface area contributed by atoms with Gasteiger partial charge in [-0.25, -0.2) is 0 Å². The van der Waals surface area contributed by atoms with Gasteiger partial charge < -0.3 is 15.8 Å². The minimum Gasteiger partial charge on any atom is -0.374 e. The molecule has 5 nitrogen and oxygen atoms in total. The fourth-order valence-electron chi connectivity index (χ4n) is 2.21. The first-order chi connectivity index (χ1) is 9.72. The minimum absolute atomic E-state index is 0.00386. The van der Waals surface area contributed by atoms with Gasteiger partial charge in [0.25, 0.3) is 0 Å². The van der Waals surface area contributed by atoms with Gasteiger partial charge in [0.15, 0.2) is 0 Å². The summed E-state index contributed by atoms with van der Waals surface area (Å²) in [6.07, 6.45) is 2.04. The quantitative estimate of drug-likeness (QED) is 0.794. The first kappa shape index (κ1) is 15.3. The molecule has 6 heteroatoms. The van der Waals surface area contributed by atoms with Crippen LogP contribution in [0.25, 0.3) is 0 Å². The maximum absolute atomic E-state index is 12.1. The third-order valence-corrected chi connectivity index (χ3v) is 4.03. The Bertz CT molecular complexity index is 456. The molecular weight excluding hydrogens is 274 g/mol. The van der Waals surface area contributed by atoms with Gasteiger partial charge in [0, 0.05) is 24.5 Å². The number of morpholine rings is 1. The number of nitrogens with zero attached hydrogens (tertiary/aromatic N) is 1. The fraction of sp³-hybridized carbons (Fsp3) is 0.500. The zero-order chi connectivity index (χ0) is 14.4. The molecule has 0 aromatic heterocycles. The summed E-state index contributed by atoms with van der Waals surface area (Å²) in [6, 6.07) is 7.81. The summed E-state index contributed by atoms with van der Waals surface area (Å²) in [5.41, 5.74) is 6.47. The van der Waals surface area contributed by atoms with Crippen molar-refractivity contribution in [1.82, 2.24) is 4.90 Å². The van der Waals surface area contributed by atoms with Gasteiger partial charge in [0.1, 0.15) is 0 Å². The standard InChI is InChI=1S/C14H21N3O2S/c1-20-13-5-3-2-4-12(13)16-14(18)10-17-6-7-19-11(8-15)9-17/h2-5,11H,6-10,15H2,1H3,(H,16,18). The Morgan fingerprint density at radius 3 is 3.10 bits per heavy atom. The average Bonchev–Trinajstić information content (AvgIpc) is 2.48. The van der Waals surface area contributed by atoms with Gasteiger partial charge in [-0.1, -0.05) is 12.1 Å². The zero-order valence-electron chi connectivity index (χ0n) is 11.7. The van der Waals surface area contributed by atoms with Crippen LogP contribution in [0.1, 0.15) is 0 Å². The number of nitrogens with two attached hydrogens (primary N) is 1. The summed E-state index contributed by atoms with van der Waals surface area (Å²) < 4.78 is 5.49. The predicted octanol–water partition coefficient (Wildman–Crippen LogP) is 1.01. The number of amides is 1. The summed E-state index contributed by atoms with van der Waals surface area (Å²) in [5.74, 6) is 0.00386. The van der Waals surface area contributed by atoms with Crippen molar-refractivity contribution in [2.45, 2.75) is 11.0 Å². The molecule has 1 heterocycles. The lowest BCUT2D eigenvalue weighted by atomic mass is 10.2. The molecule has 1 saturated heterocycles. The van der Waals surface area contributed by atoms with Crippen LogP contribution in [0, 0.1) is 0 Å². The molecule has 0 aliphatic carbocycles. The summed E-state index contributed by atoms with van der Waals surface area (Å²) in [4.78, 5) is 15.3. The van der Waals surface area contributed by atoms with Crippen LogP contribution in [0.3, 0.4) is 0 Å². The average molecular weight is 295 g/mol. The van der Waals surface area contributed by atoms with Crippen molar-refractivity contribution in [2.75, 3.05) is 44.4 Å². The second-order valence-electron chi connectivity index (χ2n) is 4.71. The van der Waals surface area contributed by atoms with Gasteiger partial charge in [-0.05, 0) is 18.4 Å². The Morgan fingerprint density at radius 2 is 2.35 bits per heavy atom. The van der Waals surface area contributed by atoms with Crippen LogP contribution in [-0.4, -0.2) is 56.0 Å². The zero-order valence-corrected chi connectivity index (χ0v) is 12.5. The van der Waals surface area contributed by atoms with E-state index in [1.165, 1.54) is 0 Å². The van der Waals surface area contributed by atoms with E-state index >= 15 is 0 Å². The van der Waals surface area contributed by atoms with Crippen LogP contribution in [0.4, 0.5) is 5.69 Å². The molecular formula is C14H21N3O2S. The molecule has 1 fully saturated rings. The highest BCUT2D eigenvalue weighted by Crippen LogP contribution is 2.24. The largest absolute Gasteiger partial charge is 0.374 e. The van der Waals surface area contributed by atoms with Gasteiger partial charge in [0.2, 0.25) is 5.91 Å². The second-order valence-corrected chi connectivity index (χ2v) is 5.56. The van der Waals surface area contributed by atoms with E-state index in [1.807, 2.05) is 30.5 Å². The van der Waals surface area contributed by atoms with E-state index in [-0.39, 0.29) is 12.0 Å². The summed E-state index contributed by atoms with van der Waals surface area (Å²) in [5, 5.41) is 2.97. The number of anilines is 1. The van der Waals surface area contributed by atoms with E-state index in [4.69, 9.17) is 10.5 Å². The molecule has 1 amide bonds. The van der Waals surface area contributed by atoms with E-state index in [0.717, 1.165) is 17.1 Å². The first-order valence-electron chi connectivity index (χ1n) is 6.70. The van der Waals surface area contributed by atoms with Crippen LogP contribution in [0.15, 0.2) is 29.2 Å². The van der Waals surface area contributed by atoms with Gasteiger partial charge in [-0.2, -0.15) is 0 Å². The SMILES string of the molecule is CSc1ccccc1NC(=O)CN1CCOC(CN)C1. The number of hydrogen-bond donors (Lipinski definition) is 2. The maximum Gasteiger partial charge on any atom is 0.238 e. The number of rotatable bonds is 5. The molecule has 1 aromatic rings. The van der Waals surface area contributed by atoms with Crippen molar-refractivity contribution in [3.63, 3.8) is 0 Å². The van der Waals surface area contributed by atoms with Crippen molar-refractivity contribution >= 4 is 23.4 Å². The molecule has 1 unspecified atom stereocenters. The Kier molecular flexibility index (Phi) is 5.85. The van der Waals surface area contributed by atoms with E-state index in [0.29, 0.717) is 26.2 Å². The van der Waals surface area contributed by atoms with Gasteiger partial charge in [-0.3, -0.25) is 9.69 Å². The highest BCUT2D eigenvalue weighted by molar-refractivity contribution is 7.98. The third kappa shape index (κ3) is 4.21. The van der Waals surface area contributed by atoms with Crippen molar-refractivity contribution in [2.24, 2.45) is 5.73 Å². The van der Waals surface area contributed by atoms with E-state index < -0.39 is 0 Å². The number of hydrogen-bond acceptors (Lipinski definition) is 5. The van der Waals surface area contributed by atoms with Crippen molar-refractivity contribution in [3.05, 3.63) is 24.3 Å². The summed E-state index contributed by atoms with van der Waals surface area (Å²) in [6.45, 7) is 2.99. The summed E-state index contributed by atoms with van der Waals surface area (Å²) in [7, 11) is 0. The Balaban J connectivity index is 1.89. The highest BCUT2D eigenvalue weighted by Gasteiger charge is 2.21. The molecule has 0 bridgehead atoms. The smallest absolute Gasteiger partial charge is 0.238 e. The van der Waals surface area contributed by atoms with Crippen molar-refractivity contribution < 1.29 is 9.53 Å². The number of thioether (sulfide) groups is 1. The van der Waals surface area contributed by atoms with E-state index in [9.17, 15) is 4.79 Å². The van der Waals surface area contributed by atoms with Crippen molar-refractivity contribution in [3.8, 4) is 0 Å². The molecule has 3 N–H and O–H groups in total. The number of ether oxygens (including phenoxy) is 1. The topological polar surface area (TPSA) is 67.6 Å². The number of benzene rings is 1. The minimum atomic E-state index is 0.00386. The van der Waals surface area contributed by atoms with Crippen LogP contribution >= 0.6 is 11.8 Å². The third-order valence-electron chi connectivity index (χ3n) is 3.23. The molecule has 110 valence electrons. The van der Waals surface area contributed by atoms with Crippen LogP contribution < -0.4 is 11.1 Å². The monoisotopic (exact) mass is 295 g/mol. The summed E-state index contributed by atoms with van der Waals surface area (Å²) >= 11 is 1.62. The molecule has 0 radical (unpaired) electrons. The Labute approximate surface area is 123 Å². The van der Waals surface area contributed by atoms with Crippen LogP contribution in [0.2, 0.25) is 0 Å². The fourth-order valence-corrected chi connectivity index (χ4v) is 2.76. The van der Waals surface area contributed by atoms with Crippen molar-refractivity contribution in [1.29, 1.82) is 0 Å². The van der Waals surface area contributed by atoms with Crippen LogP contribution in [-0.2, 0) is 9.53 Å².